The van der Waals surface area contributed by atoms with E-state index in [1.807, 2.05) is 43.6 Å². The normalized spacial score (nSPS) is 11.0. The van der Waals surface area contributed by atoms with Gasteiger partial charge in [-0.2, -0.15) is 0 Å². The van der Waals surface area contributed by atoms with Gasteiger partial charge in [-0.25, -0.2) is 0 Å². The van der Waals surface area contributed by atoms with E-state index in [1.54, 1.807) is 0 Å². The minimum absolute atomic E-state index is 1.03. The lowest BCUT2D eigenvalue weighted by atomic mass is 10.1. The molecular formula is C13H10N2. The van der Waals surface area contributed by atoms with E-state index in [9.17, 15) is 0 Å². The first-order valence-electron chi connectivity index (χ1n) is 4.95. The first kappa shape index (κ1) is 8.36. The molecule has 3 aromatic rings. The maximum absolute atomic E-state index is 4.43. The van der Waals surface area contributed by atoms with Crippen LogP contribution in [-0.4, -0.2) is 9.97 Å². The van der Waals surface area contributed by atoms with Crippen molar-refractivity contribution in [2.45, 2.75) is 6.92 Å². The van der Waals surface area contributed by atoms with E-state index < -0.39 is 0 Å². The minimum atomic E-state index is 1.03. The van der Waals surface area contributed by atoms with E-state index in [2.05, 4.69) is 16.0 Å². The molecule has 0 N–H and O–H groups in total. The van der Waals surface area contributed by atoms with Crippen LogP contribution in [0.5, 0.6) is 0 Å². The van der Waals surface area contributed by atoms with E-state index in [1.165, 1.54) is 10.8 Å². The van der Waals surface area contributed by atoms with Crippen molar-refractivity contribution >= 4 is 21.7 Å². The van der Waals surface area contributed by atoms with Crippen molar-refractivity contribution in [2.75, 3.05) is 0 Å². The number of nitrogens with zero attached hydrogens (tertiary/aromatic N) is 2. The van der Waals surface area contributed by atoms with Crippen molar-refractivity contribution in [3.8, 4) is 0 Å². The fourth-order valence-electron chi connectivity index (χ4n) is 1.92. The van der Waals surface area contributed by atoms with Gasteiger partial charge in [0.15, 0.2) is 0 Å². The Morgan fingerprint density at radius 3 is 2.67 bits per heavy atom. The summed E-state index contributed by atoms with van der Waals surface area (Å²) in [5.41, 5.74) is 2.07. The highest BCUT2D eigenvalue weighted by molar-refractivity contribution is 6.05. The van der Waals surface area contributed by atoms with Crippen molar-refractivity contribution in [3.05, 3.63) is 48.4 Å². The van der Waals surface area contributed by atoms with Crippen molar-refractivity contribution in [2.24, 2.45) is 0 Å². The van der Waals surface area contributed by atoms with Gasteiger partial charge in [0.05, 0.1) is 5.52 Å². The number of para-hydroxylation sites is 1. The molecule has 1 aromatic carbocycles. The molecule has 0 saturated heterocycles. The average molecular weight is 194 g/mol. The largest absolute Gasteiger partial charge is 0.261 e. The van der Waals surface area contributed by atoms with Gasteiger partial charge in [0.25, 0.3) is 0 Å². The Morgan fingerprint density at radius 2 is 1.73 bits per heavy atom. The van der Waals surface area contributed by atoms with E-state index in [0.717, 1.165) is 16.6 Å². The Labute approximate surface area is 87.6 Å². The van der Waals surface area contributed by atoms with Crippen molar-refractivity contribution in [1.82, 2.24) is 9.97 Å². The summed E-state index contributed by atoms with van der Waals surface area (Å²) in [5, 5.41) is 3.56. The first-order valence-corrected chi connectivity index (χ1v) is 4.95. The van der Waals surface area contributed by atoms with E-state index in [-0.39, 0.29) is 0 Å². The third-order valence-electron chi connectivity index (χ3n) is 2.72. The summed E-state index contributed by atoms with van der Waals surface area (Å²) in [6.07, 6.45) is 3.75. The monoisotopic (exact) mass is 194 g/mol. The minimum Gasteiger partial charge on any atom is -0.261 e. The molecule has 0 unspecified atom stereocenters. The topological polar surface area (TPSA) is 25.8 Å². The molecule has 72 valence electrons. The number of fused-ring (bicyclic) bond motifs is 3. The zero-order chi connectivity index (χ0) is 10.3. The summed E-state index contributed by atoms with van der Waals surface area (Å²) < 4.78 is 0. The van der Waals surface area contributed by atoms with Crippen LogP contribution in [0.3, 0.4) is 0 Å². The number of aryl methyl sites for hydroxylation is 1. The molecule has 0 amide bonds. The maximum Gasteiger partial charge on any atom is 0.0708 e. The molecule has 2 aromatic heterocycles. The van der Waals surface area contributed by atoms with E-state index >= 15 is 0 Å². The van der Waals surface area contributed by atoms with Crippen LogP contribution in [0, 0.1) is 6.92 Å². The van der Waals surface area contributed by atoms with Crippen molar-refractivity contribution in [1.29, 1.82) is 0 Å². The van der Waals surface area contributed by atoms with E-state index in [0.29, 0.717) is 0 Å². The molecule has 2 nitrogen and oxygen atoms in total. The maximum atomic E-state index is 4.43. The molecular weight excluding hydrogens is 184 g/mol. The summed E-state index contributed by atoms with van der Waals surface area (Å²) >= 11 is 0. The second-order valence-corrected chi connectivity index (χ2v) is 3.63. The van der Waals surface area contributed by atoms with Crippen LogP contribution in [0.1, 0.15) is 5.69 Å². The molecule has 3 rings (SSSR count). The smallest absolute Gasteiger partial charge is 0.0708 e. The average Bonchev–Trinajstić information content (AvgIpc) is 2.29. The molecule has 0 saturated carbocycles. The van der Waals surface area contributed by atoms with Crippen LogP contribution in [0.25, 0.3) is 21.7 Å². The van der Waals surface area contributed by atoms with Gasteiger partial charge in [0, 0.05) is 28.9 Å². The number of pyridine rings is 2. The molecule has 0 aliphatic heterocycles. The van der Waals surface area contributed by atoms with Gasteiger partial charge in [-0.05, 0) is 24.4 Å². The molecule has 2 heterocycles. The van der Waals surface area contributed by atoms with Gasteiger partial charge in [-0.15, -0.1) is 0 Å². The van der Waals surface area contributed by atoms with Crippen LogP contribution >= 0.6 is 0 Å². The molecule has 2 heteroatoms. The lowest BCUT2D eigenvalue weighted by molar-refractivity contribution is 1.23. The number of rotatable bonds is 0. The summed E-state index contributed by atoms with van der Waals surface area (Å²) in [7, 11) is 0. The first-order chi connectivity index (χ1) is 7.36. The fraction of sp³-hybridized carbons (Fsp3) is 0.0769. The second-order valence-electron chi connectivity index (χ2n) is 3.63. The predicted molar refractivity (Wildman–Crippen MR) is 61.8 cm³/mol. The van der Waals surface area contributed by atoms with Gasteiger partial charge in [0.1, 0.15) is 0 Å². The Balaban J connectivity index is 2.60. The lowest BCUT2D eigenvalue weighted by Crippen LogP contribution is -1.86. The van der Waals surface area contributed by atoms with Crippen LogP contribution in [0.2, 0.25) is 0 Å². The summed E-state index contributed by atoms with van der Waals surface area (Å²) in [4.78, 5) is 8.70. The Hall–Kier alpha value is -1.96. The van der Waals surface area contributed by atoms with Crippen molar-refractivity contribution in [3.63, 3.8) is 0 Å². The predicted octanol–water partition coefficient (Wildman–Crippen LogP) is 3.09. The zero-order valence-corrected chi connectivity index (χ0v) is 8.44. The Morgan fingerprint density at radius 1 is 0.867 bits per heavy atom. The number of aromatic nitrogens is 2. The molecule has 0 aliphatic rings. The molecule has 0 radical (unpaired) electrons. The lowest BCUT2D eigenvalue weighted by Gasteiger charge is -2.04. The van der Waals surface area contributed by atoms with Crippen LogP contribution in [-0.2, 0) is 0 Å². The third kappa shape index (κ3) is 1.18. The van der Waals surface area contributed by atoms with E-state index in [4.69, 9.17) is 0 Å². The van der Waals surface area contributed by atoms with Crippen LogP contribution in [0.15, 0.2) is 42.7 Å². The molecule has 0 spiro atoms. The van der Waals surface area contributed by atoms with Gasteiger partial charge in [0.2, 0.25) is 0 Å². The summed E-state index contributed by atoms with van der Waals surface area (Å²) in [6.45, 7) is 2.01. The third-order valence-corrected chi connectivity index (χ3v) is 2.72. The van der Waals surface area contributed by atoms with Gasteiger partial charge >= 0.3 is 0 Å². The molecule has 0 atom stereocenters. The standard InChI is InChI=1S/C13H10N2/c1-9-12-8-15-13-5-3-2-4-11(13)10(12)6-7-14-9/h2-8H,1H3. The molecule has 0 aliphatic carbocycles. The second kappa shape index (κ2) is 3.02. The highest BCUT2D eigenvalue weighted by Gasteiger charge is 2.02. The van der Waals surface area contributed by atoms with Crippen molar-refractivity contribution < 1.29 is 0 Å². The summed E-state index contributed by atoms with van der Waals surface area (Å²) in [5.74, 6) is 0. The van der Waals surface area contributed by atoms with Gasteiger partial charge < -0.3 is 0 Å². The number of hydrogen-bond donors (Lipinski definition) is 0. The molecule has 0 bridgehead atoms. The zero-order valence-electron chi connectivity index (χ0n) is 8.44. The highest BCUT2D eigenvalue weighted by Crippen LogP contribution is 2.23. The summed E-state index contributed by atoms with van der Waals surface area (Å²) in [6, 6.07) is 10.2. The number of benzene rings is 1. The number of hydrogen-bond acceptors (Lipinski definition) is 2. The quantitative estimate of drug-likeness (QED) is 0.514. The molecule has 0 fully saturated rings. The SMILES string of the molecule is Cc1nccc2c1cnc1ccccc12. The Bertz CT molecular complexity index is 644. The highest BCUT2D eigenvalue weighted by atomic mass is 14.7. The van der Waals surface area contributed by atoms with Gasteiger partial charge in [-0.3, -0.25) is 9.97 Å². The van der Waals surface area contributed by atoms with Gasteiger partial charge in [-0.1, -0.05) is 18.2 Å². The van der Waals surface area contributed by atoms with Crippen LogP contribution in [0.4, 0.5) is 0 Å². The fourth-order valence-corrected chi connectivity index (χ4v) is 1.92. The molecule has 15 heavy (non-hydrogen) atoms. The Kier molecular flexibility index (Phi) is 1.68. The van der Waals surface area contributed by atoms with Crippen LogP contribution < -0.4 is 0 Å².